The molecular formula is C10H11ClO3. The zero-order valence-corrected chi connectivity index (χ0v) is 8.80. The predicted molar refractivity (Wildman–Crippen MR) is 54.6 cm³/mol. The van der Waals surface area contributed by atoms with Crippen molar-refractivity contribution < 1.29 is 14.3 Å². The zero-order valence-electron chi connectivity index (χ0n) is 8.04. The molecule has 0 unspecified atom stereocenters. The molecule has 0 radical (unpaired) electrons. The minimum Gasteiger partial charge on any atom is -0.493 e. The summed E-state index contributed by atoms with van der Waals surface area (Å²) in [6.45, 7) is 0. The first kappa shape index (κ1) is 10.9. The van der Waals surface area contributed by atoms with Crippen LogP contribution in [-0.4, -0.2) is 25.9 Å². The number of Topliss-reactive ketones (excluding diaryl/α,β-unsaturated/α-hetero) is 1. The number of hydrogen-bond acceptors (Lipinski definition) is 3. The minimum atomic E-state index is -0.132. The second-order valence-corrected chi connectivity index (χ2v) is 2.89. The number of rotatable bonds is 4. The highest BCUT2D eigenvalue weighted by molar-refractivity contribution is 6.30. The van der Waals surface area contributed by atoms with Gasteiger partial charge < -0.3 is 9.47 Å². The Morgan fingerprint density at radius 1 is 1.29 bits per heavy atom. The Kier molecular flexibility index (Phi) is 3.77. The van der Waals surface area contributed by atoms with Crippen molar-refractivity contribution in [3.8, 4) is 11.5 Å². The smallest absolute Gasteiger partial charge is 0.177 e. The SMILES string of the molecule is COc1ccc(C(=O)CCl)cc1OC. The maximum atomic E-state index is 11.3. The van der Waals surface area contributed by atoms with Gasteiger partial charge in [-0.25, -0.2) is 0 Å². The summed E-state index contributed by atoms with van der Waals surface area (Å²) >= 11 is 5.43. The molecule has 0 heterocycles. The summed E-state index contributed by atoms with van der Waals surface area (Å²) in [5.41, 5.74) is 0.526. The maximum Gasteiger partial charge on any atom is 0.177 e. The lowest BCUT2D eigenvalue weighted by Gasteiger charge is -2.08. The third kappa shape index (κ3) is 2.17. The largest absolute Gasteiger partial charge is 0.493 e. The molecule has 0 saturated carbocycles. The van der Waals surface area contributed by atoms with Crippen LogP contribution in [0.4, 0.5) is 0 Å². The molecule has 4 heteroatoms. The van der Waals surface area contributed by atoms with E-state index in [-0.39, 0.29) is 11.7 Å². The van der Waals surface area contributed by atoms with Crippen LogP contribution in [-0.2, 0) is 0 Å². The van der Waals surface area contributed by atoms with Gasteiger partial charge in [-0.2, -0.15) is 0 Å². The molecule has 0 spiro atoms. The van der Waals surface area contributed by atoms with Crippen molar-refractivity contribution in [1.29, 1.82) is 0 Å². The number of ketones is 1. The quantitative estimate of drug-likeness (QED) is 0.569. The average molecular weight is 215 g/mol. The molecule has 0 amide bonds. The highest BCUT2D eigenvalue weighted by atomic mass is 35.5. The molecule has 0 aliphatic rings. The highest BCUT2D eigenvalue weighted by Crippen LogP contribution is 2.27. The summed E-state index contributed by atoms with van der Waals surface area (Å²) in [5.74, 6) is 0.963. The number of methoxy groups -OCH3 is 2. The van der Waals surface area contributed by atoms with E-state index in [1.54, 1.807) is 25.3 Å². The molecule has 0 saturated heterocycles. The van der Waals surface area contributed by atoms with Crippen LogP contribution in [0.15, 0.2) is 18.2 Å². The standard InChI is InChI=1S/C10H11ClO3/c1-13-9-4-3-7(8(12)6-11)5-10(9)14-2/h3-5H,6H2,1-2H3. The molecule has 76 valence electrons. The van der Waals surface area contributed by atoms with E-state index in [1.807, 2.05) is 0 Å². The van der Waals surface area contributed by atoms with E-state index in [0.29, 0.717) is 17.1 Å². The van der Waals surface area contributed by atoms with Crippen molar-refractivity contribution >= 4 is 17.4 Å². The van der Waals surface area contributed by atoms with Gasteiger partial charge in [0.1, 0.15) is 0 Å². The van der Waals surface area contributed by atoms with Crippen molar-refractivity contribution in [2.24, 2.45) is 0 Å². The van der Waals surface area contributed by atoms with Crippen molar-refractivity contribution in [2.75, 3.05) is 20.1 Å². The lowest BCUT2D eigenvalue weighted by Crippen LogP contribution is -2.01. The number of benzene rings is 1. The third-order valence-electron chi connectivity index (χ3n) is 1.83. The van der Waals surface area contributed by atoms with Gasteiger partial charge in [-0.05, 0) is 18.2 Å². The minimum absolute atomic E-state index is 0.0323. The average Bonchev–Trinajstić information content (AvgIpc) is 2.26. The van der Waals surface area contributed by atoms with Crippen LogP contribution in [0.25, 0.3) is 0 Å². The van der Waals surface area contributed by atoms with Crippen LogP contribution in [0.5, 0.6) is 11.5 Å². The van der Waals surface area contributed by atoms with E-state index in [2.05, 4.69) is 0 Å². The number of hydrogen-bond donors (Lipinski definition) is 0. The van der Waals surface area contributed by atoms with Crippen LogP contribution in [0.1, 0.15) is 10.4 Å². The van der Waals surface area contributed by atoms with Crippen LogP contribution < -0.4 is 9.47 Å². The van der Waals surface area contributed by atoms with Gasteiger partial charge in [0.2, 0.25) is 0 Å². The fraction of sp³-hybridized carbons (Fsp3) is 0.300. The molecule has 1 aromatic carbocycles. The van der Waals surface area contributed by atoms with Gasteiger partial charge in [0.15, 0.2) is 17.3 Å². The Bertz CT molecular complexity index is 336. The van der Waals surface area contributed by atoms with Crippen molar-refractivity contribution in [2.45, 2.75) is 0 Å². The predicted octanol–water partition coefficient (Wildman–Crippen LogP) is 2.13. The van der Waals surface area contributed by atoms with Gasteiger partial charge in [-0.15, -0.1) is 11.6 Å². The summed E-state index contributed by atoms with van der Waals surface area (Å²) in [4.78, 5) is 11.3. The molecule has 1 rings (SSSR count). The van der Waals surface area contributed by atoms with Crippen LogP contribution in [0, 0.1) is 0 Å². The lowest BCUT2D eigenvalue weighted by molar-refractivity contribution is 0.102. The van der Waals surface area contributed by atoms with Gasteiger partial charge >= 0.3 is 0 Å². The normalized spacial score (nSPS) is 9.64. The molecule has 1 aromatic rings. The molecule has 0 bridgehead atoms. The first-order valence-electron chi connectivity index (χ1n) is 4.04. The Morgan fingerprint density at radius 2 is 1.93 bits per heavy atom. The Morgan fingerprint density at radius 3 is 2.43 bits per heavy atom. The summed E-state index contributed by atoms with van der Waals surface area (Å²) < 4.78 is 10.1. The zero-order chi connectivity index (χ0) is 10.6. The van der Waals surface area contributed by atoms with Gasteiger partial charge in [-0.3, -0.25) is 4.79 Å². The Hall–Kier alpha value is -1.22. The number of alkyl halides is 1. The maximum absolute atomic E-state index is 11.3. The van der Waals surface area contributed by atoms with Gasteiger partial charge in [0, 0.05) is 5.56 Å². The van der Waals surface area contributed by atoms with Gasteiger partial charge in [-0.1, -0.05) is 0 Å². The summed E-state index contributed by atoms with van der Waals surface area (Å²) in [6.07, 6.45) is 0. The number of carbonyl (C=O) groups excluding carboxylic acids is 1. The molecule has 0 aliphatic carbocycles. The van der Waals surface area contributed by atoms with Gasteiger partial charge in [0.25, 0.3) is 0 Å². The van der Waals surface area contributed by atoms with E-state index in [4.69, 9.17) is 21.1 Å². The molecule has 0 fully saturated rings. The molecule has 3 nitrogen and oxygen atoms in total. The fourth-order valence-electron chi connectivity index (χ4n) is 1.09. The summed E-state index contributed by atoms with van der Waals surface area (Å²) in [6, 6.07) is 4.95. The first-order chi connectivity index (χ1) is 6.72. The number of ether oxygens (including phenoxy) is 2. The van der Waals surface area contributed by atoms with Crippen molar-refractivity contribution in [1.82, 2.24) is 0 Å². The van der Waals surface area contributed by atoms with Crippen molar-refractivity contribution in [3.63, 3.8) is 0 Å². The Labute approximate surface area is 87.6 Å². The number of halogens is 1. The monoisotopic (exact) mass is 214 g/mol. The highest BCUT2D eigenvalue weighted by Gasteiger charge is 2.09. The Balaban J connectivity index is 3.07. The molecule has 0 aliphatic heterocycles. The van der Waals surface area contributed by atoms with Crippen molar-refractivity contribution in [3.05, 3.63) is 23.8 Å². The first-order valence-corrected chi connectivity index (χ1v) is 4.57. The second-order valence-electron chi connectivity index (χ2n) is 2.63. The number of carbonyl (C=O) groups is 1. The van der Waals surface area contributed by atoms with E-state index in [9.17, 15) is 4.79 Å². The van der Waals surface area contributed by atoms with E-state index in [1.165, 1.54) is 7.11 Å². The third-order valence-corrected chi connectivity index (χ3v) is 2.07. The van der Waals surface area contributed by atoms with Crippen LogP contribution in [0.2, 0.25) is 0 Å². The summed E-state index contributed by atoms with van der Waals surface area (Å²) in [7, 11) is 3.06. The molecule has 0 aromatic heterocycles. The summed E-state index contributed by atoms with van der Waals surface area (Å²) in [5, 5.41) is 0. The topological polar surface area (TPSA) is 35.5 Å². The van der Waals surface area contributed by atoms with Gasteiger partial charge in [0.05, 0.1) is 20.1 Å². The van der Waals surface area contributed by atoms with E-state index in [0.717, 1.165) is 0 Å². The van der Waals surface area contributed by atoms with Crippen LogP contribution in [0.3, 0.4) is 0 Å². The fourth-order valence-corrected chi connectivity index (χ4v) is 1.24. The van der Waals surface area contributed by atoms with E-state index < -0.39 is 0 Å². The second kappa shape index (κ2) is 4.86. The van der Waals surface area contributed by atoms with Crippen LogP contribution >= 0.6 is 11.6 Å². The lowest BCUT2D eigenvalue weighted by atomic mass is 10.1. The van der Waals surface area contributed by atoms with E-state index >= 15 is 0 Å². The molecule has 0 atom stereocenters. The molecule has 0 N–H and O–H groups in total. The molecular weight excluding hydrogens is 204 g/mol. The molecule has 14 heavy (non-hydrogen) atoms.